The lowest BCUT2D eigenvalue weighted by atomic mass is 9.98. The number of aryl methyl sites for hydroxylation is 2. The Kier molecular flexibility index (Phi) is 6.33. The third-order valence-electron chi connectivity index (χ3n) is 6.26. The molecule has 3 rings (SSSR count). The number of hydrogen-bond acceptors (Lipinski definition) is 1. The second-order valence-electron chi connectivity index (χ2n) is 8.01. The van der Waals surface area contributed by atoms with Gasteiger partial charge in [-0.25, -0.2) is 0 Å². The summed E-state index contributed by atoms with van der Waals surface area (Å²) in [6.07, 6.45) is 4.88. The van der Waals surface area contributed by atoms with Crippen LogP contribution in [0, 0.1) is 13.8 Å². The molecule has 1 saturated heterocycles. The van der Waals surface area contributed by atoms with Crippen molar-refractivity contribution in [1.82, 2.24) is 0 Å². The van der Waals surface area contributed by atoms with Crippen LogP contribution in [-0.2, 0) is 4.79 Å². The predicted octanol–water partition coefficient (Wildman–Crippen LogP) is 5.39. The van der Waals surface area contributed by atoms with Gasteiger partial charge in [0.1, 0.15) is 6.04 Å². The zero-order chi connectivity index (χ0) is 19.3. The van der Waals surface area contributed by atoms with Gasteiger partial charge in [-0.2, -0.15) is 0 Å². The number of para-hydroxylation sites is 1. The number of anilines is 1. The second kappa shape index (κ2) is 8.71. The molecule has 2 atom stereocenters. The van der Waals surface area contributed by atoms with Crippen LogP contribution in [0.15, 0.2) is 48.5 Å². The maximum absolute atomic E-state index is 13.1. The van der Waals surface area contributed by atoms with E-state index >= 15 is 0 Å². The third-order valence-corrected chi connectivity index (χ3v) is 6.26. The molecule has 27 heavy (non-hydrogen) atoms. The molecular weight excluding hydrogens is 332 g/mol. The number of hydrogen-bond donors (Lipinski definition) is 1. The Bertz CT molecular complexity index is 751. The van der Waals surface area contributed by atoms with Crippen LogP contribution in [0.3, 0.4) is 0 Å². The topological polar surface area (TPSA) is 29.1 Å². The van der Waals surface area contributed by atoms with Crippen molar-refractivity contribution in [3.63, 3.8) is 0 Å². The van der Waals surface area contributed by atoms with Crippen molar-refractivity contribution in [2.24, 2.45) is 0 Å². The number of likely N-dealkylation sites (N-methyl/N-ethyl adjacent to an activating group) is 1. The molecule has 0 aromatic heterocycles. The highest BCUT2D eigenvalue weighted by molar-refractivity contribution is 5.93. The molecule has 0 bridgehead atoms. The van der Waals surface area contributed by atoms with E-state index in [1.165, 1.54) is 24.8 Å². The predicted molar refractivity (Wildman–Crippen MR) is 113 cm³/mol. The van der Waals surface area contributed by atoms with Crippen molar-refractivity contribution in [3.8, 4) is 0 Å². The molecule has 1 amide bonds. The fraction of sp³-hybridized carbons (Fsp3) is 0.458. The number of likely N-dealkylation sites (tertiary alicyclic amines) is 1. The summed E-state index contributed by atoms with van der Waals surface area (Å²) in [6.45, 7) is 8.98. The Morgan fingerprint density at radius 1 is 1.00 bits per heavy atom. The van der Waals surface area contributed by atoms with E-state index in [2.05, 4.69) is 68.6 Å². The van der Waals surface area contributed by atoms with E-state index in [9.17, 15) is 4.79 Å². The lowest BCUT2D eigenvalue weighted by Crippen LogP contribution is -2.54. The quantitative estimate of drug-likeness (QED) is 0.707. The first-order valence-corrected chi connectivity index (χ1v) is 10.3. The van der Waals surface area contributed by atoms with E-state index in [1.807, 2.05) is 6.07 Å². The smallest absolute Gasteiger partial charge is 0.279 e. The van der Waals surface area contributed by atoms with Crippen LogP contribution in [0.5, 0.6) is 0 Å². The molecule has 1 N–H and O–H groups in total. The second-order valence-corrected chi connectivity index (χ2v) is 8.01. The number of rotatable bonds is 5. The molecule has 0 aliphatic carbocycles. The van der Waals surface area contributed by atoms with Gasteiger partial charge in [-0.1, -0.05) is 48.5 Å². The lowest BCUT2D eigenvalue weighted by Gasteiger charge is -2.43. The van der Waals surface area contributed by atoms with Gasteiger partial charge in [0, 0.05) is 17.7 Å². The molecule has 1 fully saturated rings. The Morgan fingerprint density at radius 2 is 1.70 bits per heavy atom. The van der Waals surface area contributed by atoms with Gasteiger partial charge >= 0.3 is 0 Å². The van der Waals surface area contributed by atoms with Crippen molar-refractivity contribution in [1.29, 1.82) is 0 Å². The molecule has 144 valence electrons. The van der Waals surface area contributed by atoms with E-state index in [0.717, 1.165) is 40.8 Å². The average molecular weight is 366 g/mol. The van der Waals surface area contributed by atoms with Crippen molar-refractivity contribution in [3.05, 3.63) is 65.2 Å². The summed E-state index contributed by atoms with van der Waals surface area (Å²) in [5, 5.41) is 3.22. The van der Waals surface area contributed by atoms with Crippen LogP contribution in [0.1, 0.15) is 55.3 Å². The van der Waals surface area contributed by atoms with Gasteiger partial charge in [0.25, 0.3) is 5.91 Å². The Morgan fingerprint density at radius 3 is 2.37 bits per heavy atom. The first-order chi connectivity index (χ1) is 13.1. The molecule has 2 aromatic rings. The van der Waals surface area contributed by atoms with Gasteiger partial charge in [0.2, 0.25) is 0 Å². The van der Waals surface area contributed by atoms with E-state index in [1.54, 1.807) is 0 Å². The molecule has 0 radical (unpaired) electrons. The fourth-order valence-corrected chi connectivity index (χ4v) is 4.69. The van der Waals surface area contributed by atoms with E-state index in [0.29, 0.717) is 12.6 Å². The van der Waals surface area contributed by atoms with Gasteiger partial charge in [-0.15, -0.1) is 0 Å². The highest BCUT2D eigenvalue weighted by Gasteiger charge is 2.39. The molecule has 1 heterocycles. The molecular formula is C24H33N2O+. The number of nitrogens with one attached hydrogen (secondary N) is 1. The minimum atomic E-state index is 0.136. The van der Waals surface area contributed by atoms with Crippen LogP contribution in [0.25, 0.3) is 0 Å². The summed E-state index contributed by atoms with van der Waals surface area (Å²) in [6, 6.07) is 17.4. The molecule has 0 spiro atoms. The van der Waals surface area contributed by atoms with E-state index < -0.39 is 0 Å². The highest BCUT2D eigenvalue weighted by atomic mass is 16.2. The van der Waals surface area contributed by atoms with E-state index in [-0.39, 0.29) is 5.91 Å². The molecule has 1 aliphatic rings. The Balaban J connectivity index is 1.86. The van der Waals surface area contributed by atoms with Gasteiger partial charge in [0.15, 0.2) is 6.54 Å². The SMILES string of the molecule is CC[N+]1(CC(=O)Nc2c(C)cccc2C)CCCCCC1c1ccccc1. The van der Waals surface area contributed by atoms with Crippen LogP contribution in [-0.4, -0.2) is 30.0 Å². The third kappa shape index (κ3) is 4.41. The van der Waals surface area contributed by atoms with Gasteiger partial charge in [-0.3, -0.25) is 4.79 Å². The minimum absolute atomic E-state index is 0.136. The van der Waals surface area contributed by atoms with Crippen molar-refractivity contribution in [2.45, 2.75) is 52.5 Å². The largest absolute Gasteiger partial charge is 0.321 e. The minimum Gasteiger partial charge on any atom is -0.321 e. The summed E-state index contributed by atoms with van der Waals surface area (Å²) in [4.78, 5) is 13.1. The average Bonchev–Trinajstić information content (AvgIpc) is 2.88. The summed E-state index contributed by atoms with van der Waals surface area (Å²) in [5.74, 6) is 0.136. The van der Waals surface area contributed by atoms with Gasteiger partial charge < -0.3 is 9.80 Å². The van der Waals surface area contributed by atoms with Crippen LogP contribution < -0.4 is 5.32 Å². The molecule has 3 nitrogen and oxygen atoms in total. The van der Waals surface area contributed by atoms with Crippen molar-refractivity contribution >= 4 is 11.6 Å². The monoisotopic (exact) mass is 365 g/mol. The van der Waals surface area contributed by atoms with Crippen LogP contribution in [0.2, 0.25) is 0 Å². The first kappa shape index (κ1) is 19.6. The normalized spacial score (nSPS) is 22.9. The lowest BCUT2D eigenvalue weighted by molar-refractivity contribution is -0.947. The maximum Gasteiger partial charge on any atom is 0.279 e. The van der Waals surface area contributed by atoms with Crippen molar-refractivity contribution < 1.29 is 9.28 Å². The van der Waals surface area contributed by atoms with Crippen LogP contribution in [0.4, 0.5) is 5.69 Å². The van der Waals surface area contributed by atoms with Gasteiger partial charge in [0.05, 0.1) is 13.1 Å². The number of benzene rings is 2. The molecule has 2 unspecified atom stereocenters. The molecule has 1 aliphatic heterocycles. The zero-order valence-electron chi connectivity index (χ0n) is 17.0. The number of amides is 1. The summed E-state index contributed by atoms with van der Waals surface area (Å²) < 4.78 is 0.862. The summed E-state index contributed by atoms with van der Waals surface area (Å²) in [7, 11) is 0. The highest BCUT2D eigenvalue weighted by Crippen LogP contribution is 2.36. The summed E-state index contributed by atoms with van der Waals surface area (Å²) in [5.41, 5.74) is 4.60. The zero-order valence-corrected chi connectivity index (χ0v) is 17.0. The van der Waals surface area contributed by atoms with E-state index in [4.69, 9.17) is 0 Å². The van der Waals surface area contributed by atoms with Crippen LogP contribution >= 0.6 is 0 Å². The number of carbonyl (C=O) groups is 1. The Labute approximate surface area is 164 Å². The fourth-order valence-electron chi connectivity index (χ4n) is 4.69. The number of nitrogens with zero attached hydrogens (tertiary/aromatic N) is 1. The van der Waals surface area contributed by atoms with Crippen molar-refractivity contribution in [2.75, 3.05) is 25.0 Å². The molecule has 2 aromatic carbocycles. The number of quaternary nitrogens is 1. The summed E-state index contributed by atoms with van der Waals surface area (Å²) >= 11 is 0. The first-order valence-electron chi connectivity index (χ1n) is 10.3. The molecule has 0 saturated carbocycles. The number of carbonyl (C=O) groups excluding carboxylic acids is 1. The Hall–Kier alpha value is -2.13. The molecule has 3 heteroatoms. The standard InChI is InChI=1S/C24H32N2O/c1-4-26(18-23(27)25-24-19(2)12-11-13-20(24)3)17-10-6-9-16-22(26)21-14-7-5-8-15-21/h5,7-8,11-15,22H,4,6,9-10,16-18H2,1-3H3/p+1. The maximum atomic E-state index is 13.1. The van der Waals surface area contributed by atoms with Gasteiger partial charge in [-0.05, 0) is 51.2 Å².